The largest absolute Gasteiger partial charge is 0.378 e. The number of hydrogen-bond acceptors (Lipinski definition) is 6. The highest BCUT2D eigenvalue weighted by atomic mass is 33.1. The van der Waals surface area contributed by atoms with E-state index in [-0.39, 0.29) is 5.60 Å². The third-order valence-electron chi connectivity index (χ3n) is 2.13. The standard InChI is InChI=1S/C16H34O4S2/c1-15(2,3)20-12-11-18-8-7-17-9-10-19-13-14-21-22-16(4,5)6/h7-14H2,1-6H3. The molecule has 0 aromatic carbocycles. The van der Waals surface area contributed by atoms with Gasteiger partial charge in [-0.3, -0.25) is 0 Å². The predicted molar refractivity (Wildman–Crippen MR) is 98.0 cm³/mol. The zero-order valence-corrected chi connectivity index (χ0v) is 16.7. The molecular weight excluding hydrogens is 320 g/mol. The van der Waals surface area contributed by atoms with Crippen molar-refractivity contribution < 1.29 is 18.9 Å². The number of hydrogen-bond donors (Lipinski definition) is 0. The minimum absolute atomic E-state index is 0.0964. The van der Waals surface area contributed by atoms with Crippen LogP contribution in [0, 0.1) is 0 Å². The summed E-state index contributed by atoms with van der Waals surface area (Å²) < 4.78 is 22.2. The van der Waals surface area contributed by atoms with Crippen molar-refractivity contribution in [3.8, 4) is 0 Å². The van der Waals surface area contributed by atoms with E-state index in [1.54, 1.807) is 0 Å². The van der Waals surface area contributed by atoms with Crippen molar-refractivity contribution in [1.82, 2.24) is 0 Å². The van der Waals surface area contributed by atoms with Gasteiger partial charge in [0.15, 0.2) is 0 Å². The van der Waals surface area contributed by atoms with Crippen LogP contribution in [-0.4, -0.2) is 62.3 Å². The molecular formula is C16H34O4S2. The van der Waals surface area contributed by atoms with E-state index in [4.69, 9.17) is 18.9 Å². The van der Waals surface area contributed by atoms with Crippen LogP contribution in [0.5, 0.6) is 0 Å². The van der Waals surface area contributed by atoms with Crippen molar-refractivity contribution in [2.45, 2.75) is 51.9 Å². The maximum atomic E-state index is 5.55. The summed E-state index contributed by atoms with van der Waals surface area (Å²) in [5.41, 5.74) is -0.0964. The molecule has 0 aliphatic rings. The summed E-state index contributed by atoms with van der Waals surface area (Å²) in [4.78, 5) is 0. The third-order valence-corrected chi connectivity index (χ3v) is 5.43. The Morgan fingerprint density at radius 2 is 1.09 bits per heavy atom. The van der Waals surface area contributed by atoms with Crippen LogP contribution in [0.25, 0.3) is 0 Å². The lowest BCUT2D eigenvalue weighted by molar-refractivity contribution is -0.0448. The molecule has 0 aromatic rings. The highest BCUT2D eigenvalue weighted by Gasteiger charge is 2.10. The Morgan fingerprint density at radius 3 is 1.55 bits per heavy atom. The molecule has 0 aromatic heterocycles. The Labute approximate surface area is 144 Å². The second-order valence-corrected chi connectivity index (χ2v) is 10.1. The maximum Gasteiger partial charge on any atom is 0.0707 e. The Balaban J connectivity index is 3.09. The molecule has 6 heteroatoms. The smallest absolute Gasteiger partial charge is 0.0707 e. The van der Waals surface area contributed by atoms with Crippen molar-refractivity contribution in [3.05, 3.63) is 0 Å². The Kier molecular flexibility index (Phi) is 13.2. The lowest BCUT2D eigenvalue weighted by Crippen LogP contribution is -2.22. The molecule has 0 spiro atoms. The molecule has 4 nitrogen and oxygen atoms in total. The Hall–Kier alpha value is 0.540. The van der Waals surface area contributed by atoms with Gasteiger partial charge < -0.3 is 18.9 Å². The minimum Gasteiger partial charge on any atom is -0.378 e. The molecule has 0 unspecified atom stereocenters. The van der Waals surface area contributed by atoms with E-state index in [9.17, 15) is 0 Å². The van der Waals surface area contributed by atoms with Gasteiger partial charge in [-0.2, -0.15) is 0 Å². The van der Waals surface area contributed by atoms with E-state index >= 15 is 0 Å². The van der Waals surface area contributed by atoms with Crippen LogP contribution in [0.1, 0.15) is 41.5 Å². The molecule has 0 atom stereocenters. The first kappa shape index (κ1) is 22.5. The van der Waals surface area contributed by atoms with Crippen LogP contribution in [-0.2, 0) is 18.9 Å². The lowest BCUT2D eigenvalue weighted by atomic mass is 10.2. The maximum absolute atomic E-state index is 5.55. The normalized spacial score (nSPS) is 12.8. The first-order valence-electron chi connectivity index (χ1n) is 7.88. The van der Waals surface area contributed by atoms with Crippen molar-refractivity contribution in [2.75, 3.05) is 52.0 Å². The summed E-state index contributed by atoms with van der Waals surface area (Å²) in [6.45, 7) is 17.3. The van der Waals surface area contributed by atoms with Gasteiger partial charge in [0.25, 0.3) is 0 Å². The van der Waals surface area contributed by atoms with Gasteiger partial charge in [0, 0.05) is 10.5 Å². The second kappa shape index (κ2) is 12.9. The van der Waals surface area contributed by atoms with Gasteiger partial charge in [0.1, 0.15) is 0 Å². The van der Waals surface area contributed by atoms with Gasteiger partial charge in [-0.25, -0.2) is 0 Å². The highest BCUT2D eigenvalue weighted by molar-refractivity contribution is 8.77. The summed E-state index contributed by atoms with van der Waals surface area (Å²) in [6.07, 6.45) is 0. The molecule has 0 aliphatic carbocycles. The third kappa shape index (κ3) is 20.5. The molecule has 134 valence electrons. The van der Waals surface area contributed by atoms with Gasteiger partial charge in [0.2, 0.25) is 0 Å². The summed E-state index contributed by atoms with van der Waals surface area (Å²) in [7, 11) is 3.76. The highest BCUT2D eigenvalue weighted by Crippen LogP contribution is 2.34. The zero-order chi connectivity index (χ0) is 16.9. The van der Waals surface area contributed by atoms with Crippen LogP contribution in [0.3, 0.4) is 0 Å². The second-order valence-electron chi connectivity index (χ2n) is 6.82. The number of rotatable bonds is 13. The predicted octanol–water partition coefficient (Wildman–Crippen LogP) is 4.03. The molecule has 0 saturated heterocycles. The monoisotopic (exact) mass is 354 g/mol. The summed E-state index contributed by atoms with van der Waals surface area (Å²) >= 11 is 0. The van der Waals surface area contributed by atoms with Crippen molar-refractivity contribution >= 4 is 21.6 Å². The topological polar surface area (TPSA) is 36.9 Å². The molecule has 0 bridgehead atoms. The fourth-order valence-corrected chi connectivity index (χ4v) is 3.40. The average Bonchev–Trinajstić information content (AvgIpc) is 2.36. The van der Waals surface area contributed by atoms with E-state index in [1.165, 1.54) is 0 Å². The van der Waals surface area contributed by atoms with Crippen molar-refractivity contribution in [2.24, 2.45) is 0 Å². The van der Waals surface area contributed by atoms with Crippen molar-refractivity contribution in [3.63, 3.8) is 0 Å². The van der Waals surface area contributed by atoms with E-state index in [0.717, 1.165) is 12.4 Å². The van der Waals surface area contributed by atoms with E-state index in [1.807, 2.05) is 42.4 Å². The van der Waals surface area contributed by atoms with E-state index in [2.05, 4.69) is 20.8 Å². The molecule has 22 heavy (non-hydrogen) atoms. The summed E-state index contributed by atoms with van der Waals surface area (Å²) in [5.74, 6) is 1.01. The molecule has 0 N–H and O–H groups in total. The molecule has 0 fully saturated rings. The van der Waals surface area contributed by atoms with Gasteiger partial charge >= 0.3 is 0 Å². The minimum atomic E-state index is -0.0964. The lowest BCUT2D eigenvalue weighted by Gasteiger charge is -2.19. The van der Waals surface area contributed by atoms with Gasteiger partial charge in [-0.15, -0.1) is 0 Å². The summed E-state index contributed by atoms with van der Waals surface area (Å²) in [6, 6.07) is 0. The SMILES string of the molecule is CC(C)(C)OCCOCCOCCOCCSSC(C)(C)C. The fourth-order valence-electron chi connectivity index (χ4n) is 1.26. The molecule has 0 rings (SSSR count). The first-order chi connectivity index (χ1) is 10.2. The van der Waals surface area contributed by atoms with Crippen LogP contribution < -0.4 is 0 Å². The zero-order valence-electron chi connectivity index (χ0n) is 15.1. The van der Waals surface area contributed by atoms with Crippen LogP contribution in [0.15, 0.2) is 0 Å². The first-order valence-corrected chi connectivity index (χ1v) is 10.2. The quantitative estimate of drug-likeness (QED) is 0.367. The van der Waals surface area contributed by atoms with Crippen molar-refractivity contribution in [1.29, 1.82) is 0 Å². The molecule has 0 saturated carbocycles. The van der Waals surface area contributed by atoms with Gasteiger partial charge in [-0.05, 0) is 20.8 Å². The molecule has 0 heterocycles. The fraction of sp³-hybridized carbons (Fsp3) is 1.00. The summed E-state index contributed by atoms with van der Waals surface area (Å²) in [5, 5.41) is 0. The Morgan fingerprint density at radius 1 is 0.636 bits per heavy atom. The average molecular weight is 355 g/mol. The van der Waals surface area contributed by atoms with E-state index in [0.29, 0.717) is 44.4 Å². The van der Waals surface area contributed by atoms with Crippen LogP contribution in [0.2, 0.25) is 0 Å². The molecule has 0 aliphatic heterocycles. The van der Waals surface area contributed by atoms with Crippen LogP contribution in [0.4, 0.5) is 0 Å². The molecule has 0 amide bonds. The Bertz CT molecular complexity index is 224. The molecule has 0 radical (unpaired) electrons. The van der Waals surface area contributed by atoms with E-state index < -0.39 is 0 Å². The number of ether oxygens (including phenoxy) is 4. The van der Waals surface area contributed by atoms with Gasteiger partial charge in [0.05, 0.1) is 51.8 Å². The van der Waals surface area contributed by atoms with Gasteiger partial charge in [-0.1, -0.05) is 42.4 Å². The van der Waals surface area contributed by atoms with Crippen LogP contribution >= 0.6 is 21.6 Å².